The fourth-order valence-electron chi connectivity index (χ4n) is 4.82. The molecule has 0 atom stereocenters. The van der Waals surface area contributed by atoms with Crippen LogP contribution in [-0.4, -0.2) is 9.97 Å². The number of hydrogen-bond donors (Lipinski definition) is 2. The third-order valence-electron chi connectivity index (χ3n) is 6.72. The van der Waals surface area contributed by atoms with Crippen molar-refractivity contribution in [1.82, 2.24) is 9.97 Å². The van der Waals surface area contributed by atoms with Gasteiger partial charge in [-0.25, -0.2) is 0 Å². The lowest BCUT2D eigenvalue weighted by Gasteiger charge is -2.16. The summed E-state index contributed by atoms with van der Waals surface area (Å²) in [6, 6.07) is 34.0. The minimum absolute atomic E-state index is 0.993. The van der Waals surface area contributed by atoms with Crippen LogP contribution >= 0.6 is 21.6 Å². The van der Waals surface area contributed by atoms with Crippen LogP contribution in [0.2, 0.25) is 0 Å². The SMILES string of the molecule is Cc1ccc2nc(C)cc(Nc3ccccc3SSc3ccccc3Nc3cc(C)nc4ccc(C)cc34)c2c1. The van der Waals surface area contributed by atoms with Crippen molar-refractivity contribution in [2.24, 2.45) is 0 Å². The molecule has 6 heteroatoms. The van der Waals surface area contributed by atoms with Crippen LogP contribution in [0.3, 0.4) is 0 Å². The van der Waals surface area contributed by atoms with Crippen LogP contribution in [0.25, 0.3) is 21.8 Å². The van der Waals surface area contributed by atoms with E-state index in [1.165, 1.54) is 20.9 Å². The molecule has 0 aliphatic rings. The quantitative estimate of drug-likeness (QED) is 0.190. The van der Waals surface area contributed by atoms with E-state index in [0.717, 1.165) is 55.9 Å². The van der Waals surface area contributed by atoms with Gasteiger partial charge < -0.3 is 10.6 Å². The summed E-state index contributed by atoms with van der Waals surface area (Å²) in [6.07, 6.45) is 0. The second-order valence-corrected chi connectivity index (χ2v) is 12.3. The molecule has 0 aliphatic carbocycles. The van der Waals surface area contributed by atoms with Crippen LogP contribution in [-0.2, 0) is 0 Å². The van der Waals surface area contributed by atoms with Gasteiger partial charge in [0.25, 0.3) is 0 Å². The highest BCUT2D eigenvalue weighted by molar-refractivity contribution is 8.76. The largest absolute Gasteiger partial charge is 0.354 e. The summed E-state index contributed by atoms with van der Waals surface area (Å²) in [5.74, 6) is 0. The van der Waals surface area contributed by atoms with Gasteiger partial charge in [-0.1, -0.05) is 69.1 Å². The lowest BCUT2D eigenvalue weighted by atomic mass is 10.1. The van der Waals surface area contributed by atoms with Crippen LogP contribution in [0, 0.1) is 27.7 Å². The second kappa shape index (κ2) is 11.2. The highest BCUT2D eigenvalue weighted by atomic mass is 33.1. The van der Waals surface area contributed by atoms with Crippen molar-refractivity contribution in [2.75, 3.05) is 10.6 Å². The molecular weight excluding hydrogens is 529 g/mol. The molecule has 6 rings (SSSR count). The maximum Gasteiger partial charge on any atom is 0.0726 e. The smallest absolute Gasteiger partial charge is 0.0726 e. The Hall–Kier alpha value is -4.00. The van der Waals surface area contributed by atoms with E-state index in [2.05, 4.69) is 122 Å². The Morgan fingerprint density at radius 1 is 0.475 bits per heavy atom. The van der Waals surface area contributed by atoms with Gasteiger partial charge in [0.1, 0.15) is 0 Å². The van der Waals surface area contributed by atoms with Gasteiger partial charge in [0.15, 0.2) is 0 Å². The number of anilines is 4. The molecule has 6 aromatic rings. The topological polar surface area (TPSA) is 49.8 Å². The van der Waals surface area contributed by atoms with Gasteiger partial charge in [-0.15, -0.1) is 0 Å². The van der Waals surface area contributed by atoms with E-state index in [1.807, 2.05) is 13.8 Å². The Kier molecular flexibility index (Phi) is 7.37. The third-order valence-corrected chi connectivity index (χ3v) is 9.20. The molecule has 0 fully saturated rings. The summed E-state index contributed by atoms with van der Waals surface area (Å²) >= 11 is 0. The van der Waals surface area contributed by atoms with Gasteiger partial charge in [-0.05, 0) is 88.4 Å². The summed E-state index contributed by atoms with van der Waals surface area (Å²) in [6.45, 7) is 8.32. The second-order valence-electron chi connectivity index (χ2n) is 10.1. The van der Waals surface area contributed by atoms with Crippen molar-refractivity contribution in [3.63, 3.8) is 0 Å². The van der Waals surface area contributed by atoms with Gasteiger partial charge in [0.05, 0.1) is 22.4 Å². The number of hydrogen-bond acceptors (Lipinski definition) is 6. The van der Waals surface area contributed by atoms with E-state index in [-0.39, 0.29) is 0 Å². The minimum Gasteiger partial charge on any atom is -0.354 e. The molecule has 0 saturated heterocycles. The Balaban J connectivity index is 1.28. The standard InChI is InChI=1S/C34H30N4S2/c1-21-13-15-27-25(17-21)31(19-23(3)35-27)37-29-9-5-7-11-33(29)39-40-34-12-8-6-10-30(34)38-32-20-24(4)36-28-16-14-22(2)18-26(28)32/h5-20H,1-4H3,(H,35,37)(H,36,38). The summed E-state index contributed by atoms with van der Waals surface area (Å²) < 4.78 is 0. The van der Waals surface area contributed by atoms with Crippen LogP contribution < -0.4 is 10.6 Å². The zero-order chi connectivity index (χ0) is 27.6. The lowest BCUT2D eigenvalue weighted by molar-refractivity contribution is 1.25. The number of benzene rings is 4. The monoisotopic (exact) mass is 558 g/mol. The Morgan fingerprint density at radius 2 is 0.900 bits per heavy atom. The molecule has 0 aliphatic heterocycles. The molecule has 2 N–H and O–H groups in total. The van der Waals surface area contributed by atoms with E-state index >= 15 is 0 Å². The maximum atomic E-state index is 4.73. The van der Waals surface area contributed by atoms with E-state index < -0.39 is 0 Å². The molecule has 2 aromatic heterocycles. The summed E-state index contributed by atoms with van der Waals surface area (Å²) in [5, 5.41) is 9.67. The predicted octanol–water partition coefficient (Wildman–Crippen LogP) is 10.3. The number of rotatable bonds is 7. The van der Waals surface area contributed by atoms with Crippen LogP contribution in [0.15, 0.2) is 107 Å². The highest BCUT2D eigenvalue weighted by Crippen LogP contribution is 2.45. The number of nitrogens with zero attached hydrogens (tertiary/aromatic N) is 2. The van der Waals surface area contributed by atoms with Gasteiger partial charge in [-0.3, -0.25) is 9.97 Å². The van der Waals surface area contributed by atoms with Crippen LogP contribution in [0.5, 0.6) is 0 Å². The summed E-state index contributed by atoms with van der Waals surface area (Å²) in [5.41, 5.74) is 10.7. The lowest BCUT2D eigenvalue weighted by Crippen LogP contribution is -1.97. The van der Waals surface area contributed by atoms with Crippen molar-refractivity contribution in [1.29, 1.82) is 0 Å². The first kappa shape index (κ1) is 26.2. The van der Waals surface area contributed by atoms with Crippen molar-refractivity contribution in [3.05, 3.63) is 120 Å². The van der Waals surface area contributed by atoms with Crippen molar-refractivity contribution >= 4 is 66.1 Å². The number of nitrogens with one attached hydrogen (secondary N) is 2. The van der Waals surface area contributed by atoms with E-state index in [1.54, 1.807) is 21.6 Å². The maximum absolute atomic E-state index is 4.73. The molecule has 4 nitrogen and oxygen atoms in total. The fourth-order valence-corrected chi connectivity index (χ4v) is 7.09. The summed E-state index contributed by atoms with van der Waals surface area (Å²) in [7, 11) is 3.50. The Morgan fingerprint density at radius 3 is 1.35 bits per heavy atom. The summed E-state index contributed by atoms with van der Waals surface area (Å²) in [4.78, 5) is 11.8. The molecule has 0 unspecified atom stereocenters. The van der Waals surface area contributed by atoms with E-state index in [9.17, 15) is 0 Å². The van der Waals surface area contributed by atoms with E-state index in [0.29, 0.717) is 0 Å². The average molecular weight is 559 g/mol. The molecule has 198 valence electrons. The minimum atomic E-state index is 0.993. The Bertz CT molecular complexity index is 1730. The van der Waals surface area contributed by atoms with Crippen LogP contribution in [0.1, 0.15) is 22.5 Å². The number of aryl methyl sites for hydroxylation is 4. The zero-order valence-electron chi connectivity index (χ0n) is 22.9. The van der Waals surface area contributed by atoms with E-state index in [4.69, 9.17) is 9.97 Å². The van der Waals surface area contributed by atoms with Crippen molar-refractivity contribution in [3.8, 4) is 0 Å². The van der Waals surface area contributed by atoms with Gasteiger partial charge >= 0.3 is 0 Å². The molecule has 40 heavy (non-hydrogen) atoms. The fraction of sp³-hybridized carbons (Fsp3) is 0.118. The first-order valence-corrected chi connectivity index (χ1v) is 15.4. The van der Waals surface area contributed by atoms with Crippen LogP contribution in [0.4, 0.5) is 22.7 Å². The molecule has 0 spiro atoms. The molecular formula is C34H30N4S2. The van der Waals surface area contributed by atoms with Crippen molar-refractivity contribution < 1.29 is 0 Å². The van der Waals surface area contributed by atoms with Crippen molar-refractivity contribution in [2.45, 2.75) is 37.5 Å². The highest BCUT2D eigenvalue weighted by Gasteiger charge is 2.12. The number of para-hydroxylation sites is 2. The first-order chi connectivity index (χ1) is 19.4. The first-order valence-electron chi connectivity index (χ1n) is 13.3. The molecule has 4 aromatic carbocycles. The molecule has 0 radical (unpaired) electrons. The number of aromatic nitrogens is 2. The normalized spacial score (nSPS) is 11.2. The Labute approximate surface area is 243 Å². The molecule has 0 amide bonds. The number of fused-ring (bicyclic) bond motifs is 2. The number of pyridine rings is 2. The molecule has 0 saturated carbocycles. The zero-order valence-corrected chi connectivity index (χ0v) is 24.6. The van der Waals surface area contributed by atoms with Gasteiger partial charge in [0, 0.05) is 43.3 Å². The predicted molar refractivity (Wildman–Crippen MR) is 174 cm³/mol. The van der Waals surface area contributed by atoms with Gasteiger partial charge in [0.2, 0.25) is 0 Å². The van der Waals surface area contributed by atoms with Gasteiger partial charge in [-0.2, -0.15) is 0 Å². The average Bonchev–Trinajstić information content (AvgIpc) is 2.94. The third kappa shape index (κ3) is 5.64. The molecule has 2 heterocycles. The molecule has 0 bridgehead atoms.